The monoisotopic (exact) mass is 270 g/mol. The van der Waals surface area contributed by atoms with Crippen LogP contribution in [0.5, 0.6) is 0 Å². The lowest BCUT2D eigenvalue weighted by atomic mass is 10.5. The fourth-order valence-electron chi connectivity index (χ4n) is 3.18. The summed E-state index contributed by atoms with van der Waals surface area (Å²) in [6.07, 6.45) is 5.86. The maximum atomic E-state index is 11.5. The Bertz CT molecular complexity index is 234. The van der Waals surface area contributed by atoms with E-state index in [-0.39, 0.29) is 11.7 Å². The topological polar surface area (TPSA) is 26.3 Å². The molecule has 0 bridgehead atoms. The molecule has 0 saturated heterocycles. The predicted octanol–water partition coefficient (Wildman–Crippen LogP) is 4.71. The molecule has 2 nitrogen and oxygen atoms in total. The zero-order chi connectivity index (χ0) is 14.0. The zero-order valence-electron chi connectivity index (χ0n) is 12.6. The lowest BCUT2D eigenvalue weighted by Crippen LogP contribution is -2.49. The van der Waals surface area contributed by atoms with Crippen LogP contribution in [0.2, 0.25) is 18.1 Å². The molecule has 106 valence electrons. The van der Waals surface area contributed by atoms with Crippen LogP contribution in [-0.2, 0) is 9.53 Å². The van der Waals surface area contributed by atoms with Gasteiger partial charge in [-0.2, -0.15) is 0 Å². The lowest BCUT2D eigenvalue weighted by Gasteiger charge is -2.38. The van der Waals surface area contributed by atoms with E-state index in [2.05, 4.69) is 34.3 Å². The fourth-order valence-corrected chi connectivity index (χ4v) is 9.12. The van der Waals surface area contributed by atoms with Gasteiger partial charge in [0, 0.05) is 6.08 Å². The van der Waals surface area contributed by atoms with Gasteiger partial charge in [0.1, 0.15) is 8.07 Å². The Labute approximate surface area is 114 Å². The summed E-state index contributed by atoms with van der Waals surface area (Å²) in [5.74, 6) is -0.248. The Morgan fingerprint density at radius 3 is 1.83 bits per heavy atom. The molecule has 0 amide bonds. The standard InChI is InChI=1S/C15H30O2Si/c1-6-11-18(12-7-2,13-8-3)15(10-5)17-14(16)9-4/h9,15H,4,6-8,10-13H2,1-3,5H3. The van der Waals surface area contributed by atoms with Gasteiger partial charge in [0.05, 0.1) is 5.73 Å². The third-order valence-corrected chi connectivity index (χ3v) is 10.1. The van der Waals surface area contributed by atoms with Gasteiger partial charge in [-0.05, 0) is 6.42 Å². The van der Waals surface area contributed by atoms with Crippen molar-refractivity contribution in [3.05, 3.63) is 12.7 Å². The van der Waals surface area contributed by atoms with Crippen LogP contribution in [0.1, 0.15) is 53.4 Å². The van der Waals surface area contributed by atoms with E-state index in [1.54, 1.807) is 0 Å². The smallest absolute Gasteiger partial charge is 0.330 e. The van der Waals surface area contributed by atoms with Crippen LogP contribution in [0.15, 0.2) is 12.7 Å². The molecule has 0 heterocycles. The highest BCUT2D eigenvalue weighted by molar-refractivity contribution is 6.81. The van der Waals surface area contributed by atoms with E-state index in [4.69, 9.17) is 4.74 Å². The summed E-state index contributed by atoms with van der Waals surface area (Å²) in [6.45, 7) is 12.4. The third-order valence-electron chi connectivity index (χ3n) is 3.72. The molecule has 1 atom stereocenters. The highest BCUT2D eigenvalue weighted by Gasteiger charge is 2.40. The van der Waals surface area contributed by atoms with Crippen LogP contribution in [-0.4, -0.2) is 19.8 Å². The second kappa shape index (κ2) is 9.37. The molecule has 0 rings (SSSR count). The van der Waals surface area contributed by atoms with Crippen LogP contribution < -0.4 is 0 Å². The lowest BCUT2D eigenvalue weighted by molar-refractivity contribution is -0.140. The van der Waals surface area contributed by atoms with Crippen LogP contribution in [0.25, 0.3) is 0 Å². The van der Waals surface area contributed by atoms with Crippen molar-refractivity contribution in [3.8, 4) is 0 Å². The van der Waals surface area contributed by atoms with Crippen molar-refractivity contribution in [1.29, 1.82) is 0 Å². The summed E-state index contributed by atoms with van der Waals surface area (Å²) in [6, 6.07) is 3.83. The van der Waals surface area contributed by atoms with E-state index in [1.807, 2.05) is 0 Å². The van der Waals surface area contributed by atoms with Crippen molar-refractivity contribution in [3.63, 3.8) is 0 Å². The van der Waals surface area contributed by atoms with Crippen LogP contribution in [0, 0.1) is 0 Å². The van der Waals surface area contributed by atoms with E-state index in [1.165, 1.54) is 43.5 Å². The second-order valence-electron chi connectivity index (χ2n) is 5.15. The molecule has 18 heavy (non-hydrogen) atoms. The molecule has 0 saturated carbocycles. The number of carbonyl (C=O) groups excluding carboxylic acids is 1. The van der Waals surface area contributed by atoms with Gasteiger partial charge in [0.15, 0.2) is 0 Å². The van der Waals surface area contributed by atoms with Gasteiger partial charge in [-0.1, -0.05) is 71.7 Å². The molecule has 0 aliphatic heterocycles. The largest absolute Gasteiger partial charge is 0.463 e. The number of ether oxygens (including phenoxy) is 1. The summed E-state index contributed by atoms with van der Waals surface area (Å²) >= 11 is 0. The average Bonchev–Trinajstić information content (AvgIpc) is 2.36. The van der Waals surface area contributed by atoms with Gasteiger partial charge in [0.2, 0.25) is 0 Å². The molecule has 0 aromatic carbocycles. The molecule has 0 fully saturated rings. The first-order valence-corrected chi connectivity index (χ1v) is 10.1. The minimum absolute atomic E-state index is 0.169. The number of hydrogen-bond acceptors (Lipinski definition) is 2. The van der Waals surface area contributed by atoms with E-state index in [0.717, 1.165) is 6.42 Å². The van der Waals surface area contributed by atoms with Gasteiger partial charge < -0.3 is 4.74 Å². The molecule has 0 aliphatic rings. The van der Waals surface area contributed by atoms with Gasteiger partial charge >= 0.3 is 5.97 Å². The highest BCUT2D eigenvalue weighted by Crippen LogP contribution is 2.32. The first-order valence-electron chi connectivity index (χ1n) is 7.43. The molecule has 1 unspecified atom stereocenters. The van der Waals surface area contributed by atoms with Crippen LogP contribution in [0.4, 0.5) is 0 Å². The Balaban J connectivity index is 5.04. The molecular weight excluding hydrogens is 240 g/mol. The summed E-state index contributed by atoms with van der Waals surface area (Å²) in [4.78, 5) is 11.5. The van der Waals surface area contributed by atoms with E-state index in [0.29, 0.717) is 0 Å². The van der Waals surface area contributed by atoms with Crippen molar-refractivity contribution in [2.75, 3.05) is 0 Å². The van der Waals surface area contributed by atoms with Crippen molar-refractivity contribution in [2.45, 2.75) is 77.2 Å². The predicted molar refractivity (Wildman–Crippen MR) is 81.4 cm³/mol. The highest BCUT2D eigenvalue weighted by atomic mass is 28.3. The first kappa shape index (κ1) is 17.4. The average molecular weight is 270 g/mol. The van der Waals surface area contributed by atoms with Crippen molar-refractivity contribution in [1.82, 2.24) is 0 Å². The summed E-state index contributed by atoms with van der Waals surface area (Å²) in [5, 5.41) is 0. The van der Waals surface area contributed by atoms with Gasteiger partial charge in [-0.3, -0.25) is 0 Å². The Kier molecular flexibility index (Phi) is 9.07. The number of carbonyl (C=O) groups is 1. The minimum atomic E-state index is -1.49. The molecule has 0 radical (unpaired) electrons. The van der Waals surface area contributed by atoms with E-state index in [9.17, 15) is 4.79 Å². The van der Waals surface area contributed by atoms with Gasteiger partial charge in [-0.15, -0.1) is 0 Å². The first-order chi connectivity index (χ1) is 8.60. The Morgan fingerprint density at radius 1 is 1.11 bits per heavy atom. The van der Waals surface area contributed by atoms with Crippen molar-refractivity contribution >= 4 is 14.0 Å². The molecule has 0 aromatic heterocycles. The Morgan fingerprint density at radius 2 is 1.56 bits per heavy atom. The normalized spacial score (nSPS) is 13.1. The van der Waals surface area contributed by atoms with Gasteiger partial charge in [0.25, 0.3) is 0 Å². The molecule has 0 N–H and O–H groups in total. The second-order valence-corrected chi connectivity index (χ2v) is 10.0. The quantitative estimate of drug-likeness (QED) is 0.326. The number of esters is 1. The summed E-state index contributed by atoms with van der Waals surface area (Å²) in [5.41, 5.74) is 0.169. The molecule has 0 spiro atoms. The number of hydrogen-bond donors (Lipinski definition) is 0. The summed E-state index contributed by atoms with van der Waals surface area (Å²) < 4.78 is 5.68. The van der Waals surface area contributed by atoms with E-state index >= 15 is 0 Å². The zero-order valence-corrected chi connectivity index (χ0v) is 13.6. The summed E-state index contributed by atoms with van der Waals surface area (Å²) in [7, 11) is -1.49. The minimum Gasteiger partial charge on any atom is -0.463 e. The molecule has 0 aliphatic carbocycles. The molecule has 3 heteroatoms. The maximum absolute atomic E-state index is 11.5. The molecule has 0 aromatic rings. The van der Waals surface area contributed by atoms with Crippen molar-refractivity contribution < 1.29 is 9.53 Å². The number of rotatable bonds is 10. The van der Waals surface area contributed by atoms with Crippen molar-refractivity contribution in [2.24, 2.45) is 0 Å². The third kappa shape index (κ3) is 4.97. The Hall–Kier alpha value is -0.573. The molecular formula is C15H30O2Si. The maximum Gasteiger partial charge on any atom is 0.330 e. The van der Waals surface area contributed by atoms with Gasteiger partial charge in [-0.25, -0.2) is 4.79 Å². The van der Waals surface area contributed by atoms with Crippen LogP contribution in [0.3, 0.4) is 0 Å². The fraction of sp³-hybridized carbons (Fsp3) is 0.800. The van der Waals surface area contributed by atoms with Crippen LogP contribution >= 0.6 is 0 Å². The van der Waals surface area contributed by atoms with E-state index < -0.39 is 8.07 Å². The SMILES string of the molecule is C=CC(=O)OC(CC)[Si](CCC)(CCC)CCC.